The first-order valence-corrected chi connectivity index (χ1v) is 12.2. The molecule has 0 saturated carbocycles. The van der Waals surface area contributed by atoms with Gasteiger partial charge in [0.1, 0.15) is 11.5 Å². The number of benzene rings is 1. The summed E-state index contributed by atoms with van der Waals surface area (Å²) in [7, 11) is 5.07. The Hall–Kier alpha value is -3.43. The molecule has 0 aliphatic carbocycles. The van der Waals surface area contributed by atoms with Crippen LogP contribution >= 0.6 is 0 Å². The smallest absolute Gasteiger partial charge is 0.259 e. The topological polar surface area (TPSA) is 88.9 Å². The number of carbonyl (C=O) groups is 1. The number of hydrogen-bond donors (Lipinski definition) is 1. The number of aromatic nitrogens is 2. The second kappa shape index (κ2) is 11.1. The van der Waals surface area contributed by atoms with Crippen molar-refractivity contribution in [3.05, 3.63) is 52.7 Å². The Bertz CT molecular complexity index is 1280. The third-order valence-electron chi connectivity index (χ3n) is 6.57. The van der Waals surface area contributed by atoms with Gasteiger partial charge in [-0.3, -0.25) is 24.4 Å². The molecule has 0 atom stereocenters. The average Bonchev–Trinajstić information content (AvgIpc) is 2.87. The first-order valence-electron chi connectivity index (χ1n) is 12.2. The highest BCUT2D eigenvalue weighted by Gasteiger charge is 2.23. The lowest BCUT2D eigenvalue weighted by atomic mass is 9.99. The van der Waals surface area contributed by atoms with Gasteiger partial charge in [0.15, 0.2) is 0 Å². The summed E-state index contributed by atoms with van der Waals surface area (Å²) in [6, 6.07) is 6.02. The molecule has 1 aliphatic rings. The van der Waals surface area contributed by atoms with E-state index in [1.807, 2.05) is 38.2 Å². The highest BCUT2D eigenvalue weighted by Crippen LogP contribution is 2.37. The van der Waals surface area contributed by atoms with Gasteiger partial charge in [-0.2, -0.15) is 0 Å². The van der Waals surface area contributed by atoms with Crippen molar-refractivity contribution in [2.75, 3.05) is 46.9 Å². The van der Waals surface area contributed by atoms with Gasteiger partial charge in [0.25, 0.3) is 5.56 Å². The molecule has 0 spiro atoms. The van der Waals surface area contributed by atoms with Crippen molar-refractivity contribution in [3.8, 4) is 22.6 Å². The second-order valence-electron chi connectivity index (χ2n) is 9.51. The Morgan fingerprint density at radius 2 is 1.72 bits per heavy atom. The standard InChI is InChI=1S/C27H35N5O4.H2/c1-18(2)29-26(33)17-32-10-8-31(9-11-32)16-23-24(35-4)12-19(13-25(23)36-5)22-15-30(3)27(34)21-14-28-7-6-20(21)22;/h6-7,12-15,18H,8-11,16-17H2,1-5H3,(H,29,33);1H. The molecule has 3 heterocycles. The minimum absolute atomic E-state index is 0. The molecule has 3 aromatic rings. The van der Waals surface area contributed by atoms with Crippen molar-refractivity contribution in [1.82, 2.24) is 24.7 Å². The maximum Gasteiger partial charge on any atom is 0.259 e. The molecule has 0 radical (unpaired) electrons. The number of rotatable bonds is 8. The Morgan fingerprint density at radius 3 is 2.33 bits per heavy atom. The molecule has 1 aromatic carbocycles. The quantitative estimate of drug-likeness (QED) is 0.514. The molecule has 1 fully saturated rings. The Balaban J connectivity index is 0.00000380. The number of nitrogens with zero attached hydrogens (tertiary/aromatic N) is 4. The highest BCUT2D eigenvalue weighted by atomic mass is 16.5. The Labute approximate surface area is 213 Å². The Kier molecular flexibility index (Phi) is 7.91. The minimum atomic E-state index is -0.0850. The first-order chi connectivity index (χ1) is 17.3. The van der Waals surface area contributed by atoms with Gasteiger partial charge in [0, 0.05) is 71.4 Å². The van der Waals surface area contributed by atoms with Gasteiger partial charge in [0.05, 0.1) is 31.7 Å². The van der Waals surface area contributed by atoms with Crippen molar-refractivity contribution < 1.29 is 15.7 Å². The fourth-order valence-corrected chi connectivity index (χ4v) is 4.74. The first kappa shape index (κ1) is 25.7. The summed E-state index contributed by atoms with van der Waals surface area (Å²) in [5.41, 5.74) is 2.70. The van der Waals surface area contributed by atoms with Crippen LogP contribution in [0.1, 0.15) is 20.8 Å². The molecular weight excluding hydrogens is 458 g/mol. The SMILES string of the molecule is COc1cc(-c2cn(C)c(=O)c3cnccc23)cc(OC)c1CN1CCN(CC(=O)NC(C)C)CC1.[HH]. The van der Waals surface area contributed by atoms with Crippen molar-refractivity contribution in [1.29, 1.82) is 0 Å². The van der Waals surface area contributed by atoms with Crippen molar-refractivity contribution >= 4 is 16.7 Å². The van der Waals surface area contributed by atoms with E-state index in [4.69, 9.17) is 9.47 Å². The van der Waals surface area contributed by atoms with Crippen LogP contribution in [0.4, 0.5) is 0 Å². The van der Waals surface area contributed by atoms with Gasteiger partial charge in [0.2, 0.25) is 5.91 Å². The number of ether oxygens (including phenoxy) is 2. The van der Waals surface area contributed by atoms with E-state index in [1.165, 1.54) is 0 Å². The number of aryl methyl sites for hydroxylation is 1. The molecule has 1 aliphatic heterocycles. The summed E-state index contributed by atoms with van der Waals surface area (Å²) in [6.45, 7) is 8.40. The molecule has 4 rings (SSSR count). The number of nitrogens with one attached hydrogen (secondary N) is 1. The monoisotopic (exact) mass is 495 g/mol. The lowest BCUT2D eigenvalue weighted by Crippen LogP contribution is -2.49. The molecule has 9 nitrogen and oxygen atoms in total. The molecule has 2 aromatic heterocycles. The maximum absolute atomic E-state index is 12.6. The van der Waals surface area contributed by atoms with E-state index in [2.05, 4.69) is 20.1 Å². The summed E-state index contributed by atoms with van der Waals surface area (Å²) < 4.78 is 13.2. The van der Waals surface area contributed by atoms with Crippen LogP contribution in [0.25, 0.3) is 21.9 Å². The molecule has 1 amide bonds. The molecule has 1 N–H and O–H groups in total. The van der Waals surface area contributed by atoms with Crippen LogP contribution < -0.4 is 20.3 Å². The van der Waals surface area contributed by atoms with Gasteiger partial charge < -0.3 is 19.4 Å². The van der Waals surface area contributed by atoms with Crippen LogP contribution in [0, 0.1) is 0 Å². The zero-order valence-electron chi connectivity index (χ0n) is 21.7. The number of amides is 1. The summed E-state index contributed by atoms with van der Waals surface area (Å²) in [6.07, 6.45) is 5.14. The lowest BCUT2D eigenvalue weighted by molar-refractivity contribution is -0.123. The number of pyridine rings is 2. The predicted molar refractivity (Wildman–Crippen MR) is 143 cm³/mol. The lowest BCUT2D eigenvalue weighted by Gasteiger charge is -2.35. The van der Waals surface area contributed by atoms with Crippen LogP contribution in [-0.2, 0) is 18.4 Å². The second-order valence-corrected chi connectivity index (χ2v) is 9.51. The number of fused-ring (bicyclic) bond motifs is 1. The molecule has 36 heavy (non-hydrogen) atoms. The van der Waals surface area contributed by atoms with Gasteiger partial charge in [-0.05, 0) is 43.0 Å². The zero-order valence-corrected chi connectivity index (χ0v) is 21.7. The molecule has 194 valence electrons. The molecular formula is C27H37N5O4. The van der Waals surface area contributed by atoms with Crippen LogP contribution in [-0.4, -0.2) is 78.2 Å². The van der Waals surface area contributed by atoms with Gasteiger partial charge in [-0.25, -0.2) is 0 Å². The minimum Gasteiger partial charge on any atom is -0.496 e. The predicted octanol–water partition coefficient (Wildman–Crippen LogP) is 2.51. The van der Waals surface area contributed by atoms with E-state index in [0.717, 1.165) is 59.8 Å². The average molecular weight is 496 g/mol. The van der Waals surface area contributed by atoms with E-state index < -0.39 is 0 Å². The van der Waals surface area contributed by atoms with E-state index in [9.17, 15) is 9.59 Å². The third kappa shape index (κ3) is 5.52. The summed E-state index contributed by atoms with van der Waals surface area (Å²) in [5, 5.41) is 4.36. The normalized spacial score (nSPS) is 14.8. The highest BCUT2D eigenvalue weighted by molar-refractivity contribution is 5.95. The van der Waals surface area contributed by atoms with E-state index >= 15 is 0 Å². The molecule has 9 heteroatoms. The van der Waals surface area contributed by atoms with E-state index in [1.54, 1.807) is 38.2 Å². The number of carbonyl (C=O) groups excluding carboxylic acids is 1. The van der Waals surface area contributed by atoms with Crippen LogP contribution in [0.15, 0.2) is 41.6 Å². The zero-order chi connectivity index (χ0) is 25.8. The number of hydrogen-bond acceptors (Lipinski definition) is 7. The van der Waals surface area contributed by atoms with Crippen LogP contribution in [0.2, 0.25) is 0 Å². The van der Waals surface area contributed by atoms with Gasteiger partial charge >= 0.3 is 0 Å². The fraction of sp³-hybridized carbons (Fsp3) is 0.444. The Morgan fingerprint density at radius 1 is 1.08 bits per heavy atom. The summed E-state index contributed by atoms with van der Waals surface area (Å²) in [5.74, 6) is 1.54. The summed E-state index contributed by atoms with van der Waals surface area (Å²) in [4.78, 5) is 33.4. The largest absolute Gasteiger partial charge is 0.496 e. The number of piperazine rings is 1. The third-order valence-corrected chi connectivity index (χ3v) is 6.57. The van der Waals surface area contributed by atoms with Crippen molar-refractivity contribution in [2.45, 2.75) is 26.4 Å². The van der Waals surface area contributed by atoms with Gasteiger partial charge in [-0.15, -0.1) is 0 Å². The maximum atomic E-state index is 12.6. The van der Waals surface area contributed by atoms with Crippen LogP contribution in [0.3, 0.4) is 0 Å². The summed E-state index contributed by atoms with van der Waals surface area (Å²) >= 11 is 0. The number of methoxy groups -OCH3 is 2. The molecule has 1 saturated heterocycles. The van der Waals surface area contributed by atoms with E-state index in [-0.39, 0.29) is 18.9 Å². The van der Waals surface area contributed by atoms with Crippen molar-refractivity contribution in [2.24, 2.45) is 7.05 Å². The van der Waals surface area contributed by atoms with Crippen LogP contribution in [0.5, 0.6) is 11.5 Å². The van der Waals surface area contributed by atoms with Gasteiger partial charge in [-0.1, -0.05) is 0 Å². The van der Waals surface area contributed by atoms with Crippen molar-refractivity contribution in [3.63, 3.8) is 0 Å². The fourth-order valence-electron chi connectivity index (χ4n) is 4.74. The van der Waals surface area contributed by atoms with E-state index in [0.29, 0.717) is 18.5 Å². The molecule has 0 unspecified atom stereocenters. The molecule has 0 bridgehead atoms.